The van der Waals surface area contributed by atoms with Gasteiger partial charge in [-0.3, -0.25) is 4.90 Å². The van der Waals surface area contributed by atoms with Crippen molar-refractivity contribution < 1.29 is 9.63 Å². The van der Waals surface area contributed by atoms with Gasteiger partial charge >= 0.3 is 0 Å². The highest BCUT2D eigenvalue weighted by molar-refractivity contribution is 5.01. The lowest BCUT2D eigenvalue weighted by atomic mass is 10.1. The minimum Gasteiger partial charge on any atom is -0.392 e. The second-order valence-corrected chi connectivity index (χ2v) is 4.85. The Kier molecular flexibility index (Phi) is 2.65. The van der Waals surface area contributed by atoms with Crippen LogP contribution in [-0.4, -0.2) is 39.3 Å². The van der Waals surface area contributed by atoms with Crippen LogP contribution in [0, 0.1) is 0 Å². The number of aromatic nitrogens is 2. The van der Waals surface area contributed by atoms with Crippen molar-refractivity contribution in [1.29, 1.82) is 0 Å². The summed E-state index contributed by atoms with van der Waals surface area (Å²) in [6.07, 6.45) is 4.14. The lowest BCUT2D eigenvalue weighted by Gasteiger charge is -2.28. The SMILES string of the molecule is O[C@H]1CCCN(Cc2noc(C3CC3)n2)C1. The van der Waals surface area contributed by atoms with Crippen LogP contribution in [0.5, 0.6) is 0 Å². The summed E-state index contributed by atoms with van der Waals surface area (Å²) in [5.41, 5.74) is 0. The lowest BCUT2D eigenvalue weighted by molar-refractivity contribution is 0.0651. The Morgan fingerprint density at radius 2 is 2.25 bits per heavy atom. The van der Waals surface area contributed by atoms with Gasteiger partial charge in [0, 0.05) is 12.5 Å². The van der Waals surface area contributed by atoms with Gasteiger partial charge in [-0.25, -0.2) is 0 Å². The van der Waals surface area contributed by atoms with Crippen LogP contribution >= 0.6 is 0 Å². The quantitative estimate of drug-likeness (QED) is 0.825. The minimum absolute atomic E-state index is 0.191. The number of rotatable bonds is 3. The van der Waals surface area contributed by atoms with Crippen molar-refractivity contribution >= 4 is 0 Å². The third kappa shape index (κ3) is 2.25. The third-order valence-corrected chi connectivity index (χ3v) is 3.26. The molecule has 0 spiro atoms. The molecule has 0 bridgehead atoms. The Bertz CT molecular complexity index is 362. The molecule has 5 heteroatoms. The highest BCUT2D eigenvalue weighted by Gasteiger charge is 2.30. The van der Waals surface area contributed by atoms with Crippen LogP contribution in [0.1, 0.15) is 43.3 Å². The Morgan fingerprint density at radius 1 is 1.38 bits per heavy atom. The van der Waals surface area contributed by atoms with E-state index in [9.17, 15) is 5.11 Å². The summed E-state index contributed by atoms with van der Waals surface area (Å²) in [7, 11) is 0. The minimum atomic E-state index is -0.191. The second-order valence-electron chi connectivity index (χ2n) is 4.85. The molecule has 3 rings (SSSR count). The van der Waals surface area contributed by atoms with Gasteiger partial charge in [0.1, 0.15) is 0 Å². The summed E-state index contributed by atoms with van der Waals surface area (Å²) in [6.45, 7) is 2.45. The van der Waals surface area contributed by atoms with Gasteiger partial charge in [-0.1, -0.05) is 5.16 Å². The predicted octanol–water partition coefficient (Wildman–Crippen LogP) is 0.904. The molecule has 1 N–H and O–H groups in total. The van der Waals surface area contributed by atoms with Crippen LogP contribution in [-0.2, 0) is 6.54 Å². The largest absolute Gasteiger partial charge is 0.392 e. The molecular formula is C11H17N3O2. The van der Waals surface area contributed by atoms with E-state index in [0.717, 1.165) is 37.6 Å². The number of hydrogen-bond acceptors (Lipinski definition) is 5. The van der Waals surface area contributed by atoms with Crippen LogP contribution in [0.15, 0.2) is 4.52 Å². The molecule has 1 aliphatic heterocycles. The first kappa shape index (κ1) is 10.2. The van der Waals surface area contributed by atoms with Gasteiger partial charge in [-0.2, -0.15) is 4.98 Å². The number of nitrogens with zero attached hydrogens (tertiary/aromatic N) is 3. The van der Waals surface area contributed by atoms with E-state index >= 15 is 0 Å². The summed E-state index contributed by atoms with van der Waals surface area (Å²) in [5, 5.41) is 13.5. The van der Waals surface area contributed by atoms with Crippen LogP contribution in [0.4, 0.5) is 0 Å². The standard InChI is InChI=1S/C11H17N3O2/c15-9-2-1-5-14(6-9)7-10-12-11(16-13-10)8-3-4-8/h8-9,15H,1-7H2/t9-/m0/s1. The zero-order valence-corrected chi connectivity index (χ0v) is 9.30. The second kappa shape index (κ2) is 4.14. The summed E-state index contributed by atoms with van der Waals surface area (Å²) < 4.78 is 5.21. The zero-order chi connectivity index (χ0) is 11.0. The summed E-state index contributed by atoms with van der Waals surface area (Å²) in [4.78, 5) is 6.58. The van der Waals surface area contributed by atoms with Gasteiger partial charge in [0.2, 0.25) is 5.89 Å². The van der Waals surface area contributed by atoms with Crippen LogP contribution in [0.2, 0.25) is 0 Å². The fourth-order valence-electron chi connectivity index (χ4n) is 2.20. The average molecular weight is 223 g/mol. The van der Waals surface area contributed by atoms with Crippen LogP contribution in [0.25, 0.3) is 0 Å². The highest BCUT2D eigenvalue weighted by atomic mass is 16.5. The molecule has 1 aromatic heterocycles. The van der Waals surface area contributed by atoms with E-state index < -0.39 is 0 Å². The maximum absolute atomic E-state index is 9.56. The molecule has 0 aromatic carbocycles. The number of hydrogen-bond donors (Lipinski definition) is 1. The topological polar surface area (TPSA) is 62.4 Å². The summed E-state index contributed by atoms with van der Waals surface area (Å²) in [5.74, 6) is 2.08. The molecular weight excluding hydrogens is 206 g/mol. The fourth-order valence-corrected chi connectivity index (χ4v) is 2.20. The van der Waals surface area contributed by atoms with E-state index in [2.05, 4.69) is 15.0 Å². The van der Waals surface area contributed by atoms with Gasteiger partial charge < -0.3 is 9.63 Å². The molecule has 1 aromatic rings. The number of aliphatic hydroxyl groups excluding tert-OH is 1. The van der Waals surface area contributed by atoms with Crippen molar-refractivity contribution in [3.8, 4) is 0 Å². The first-order valence-electron chi connectivity index (χ1n) is 6.04. The molecule has 0 radical (unpaired) electrons. The van der Waals surface area contributed by atoms with Gasteiger partial charge in [-0.05, 0) is 32.2 Å². The fraction of sp³-hybridized carbons (Fsp3) is 0.818. The van der Waals surface area contributed by atoms with Gasteiger partial charge in [0.05, 0.1) is 12.6 Å². The van der Waals surface area contributed by atoms with Crippen molar-refractivity contribution in [2.45, 2.75) is 44.2 Å². The molecule has 1 saturated heterocycles. The lowest BCUT2D eigenvalue weighted by Crippen LogP contribution is -2.37. The number of piperidine rings is 1. The summed E-state index contributed by atoms with van der Waals surface area (Å²) in [6, 6.07) is 0. The first-order valence-corrected chi connectivity index (χ1v) is 6.04. The van der Waals surface area contributed by atoms with Gasteiger partial charge in [-0.15, -0.1) is 0 Å². The average Bonchev–Trinajstić information content (AvgIpc) is 3.01. The van der Waals surface area contributed by atoms with E-state index in [1.54, 1.807) is 0 Å². The van der Waals surface area contributed by atoms with E-state index in [-0.39, 0.29) is 6.10 Å². The van der Waals surface area contributed by atoms with Gasteiger partial charge in [0.25, 0.3) is 0 Å². The van der Waals surface area contributed by atoms with Crippen LogP contribution in [0.3, 0.4) is 0 Å². The molecule has 2 aliphatic rings. The highest BCUT2D eigenvalue weighted by Crippen LogP contribution is 2.38. The van der Waals surface area contributed by atoms with E-state index in [0.29, 0.717) is 12.5 Å². The Balaban J connectivity index is 1.59. The number of likely N-dealkylation sites (tertiary alicyclic amines) is 1. The third-order valence-electron chi connectivity index (χ3n) is 3.26. The normalized spacial score (nSPS) is 27.2. The molecule has 0 unspecified atom stereocenters. The smallest absolute Gasteiger partial charge is 0.229 e. The van der Waals surface area contributed by atoms with Crippen LogP contribution < -0.4 is 0 Å². The zero-order valence-electron chi connectivity index (χ0n) is 9.30. The Labute approximate surface area is 94.4 Å². The van der Waals surface area contributed by atoms with Crippen molar-refractivity contribution in [3.63, 3.8) is 0 Å². The van der Waals surface area contributed by atoms with E-state index in [1.165, 1.54) is 12.8 Å². The van der Waals surface area contributed by atoms with Crippen molar-refractivity contribution in [2.24, 2.45) is 0 Å². The molecule has 2 heterocycles. The van der Waals surface area contributed by atoms with Crippen molar-refractivity contribution in [1.82, 2.24) is 15.0 Å². The molecule has 2 fully saturated rings. The number of β-amino-alcohol motifs (C(OH)–C–C–N with tert-alkyl or cyclic N) is 1. The molecule has 0 amide bonds. The Hall–Kier alpha value is -0.940. The van der Waals surface area contributed by atoms with E-state index in [1.807, 2.05) is 0 Å². The number of aliphatic hydroxyl groups is 1. The first-order chi connectivity index (χ1) is 7.81. The Morgan fingerprint density at radius 3 is 3.00 bits per heavy atom. The predicted molar refractivity (Wildman–Crippen MR) is 56.8 cm³/mol. The van der Waals surface area contributed by atoms with Crippen molar-refractivity contribution in [2.75, 3.05) is 13.1 Å². The maximum Gasteiger partial charge on any atom is 0.229 e. The molecule has 16 heavy (non-hydrogen) atoms. The summed E-state index contributed by atoms with van der Waals surface area (Å²) >= 11 is 0. The van der Waals surface area contributed by atoms with E-state index in [4.69, 9.17) is 4.52 Å². The molecule has 88 valence electrons. The van der Waals surface area contributed by atoms with Gasteiger partial charge in [0.15, 0.2) is 5.82 Å². The maximum atomic E-state index is 9.56. The molecule has 1 aliphatic carbocycles. The van der Waals surface area contributed by atoms with Crippen molar-refractivity contribution in [3.05, 3.63) is 11.7 Å². The monoisotopic (exact) mass is 223 g/mol. The molecule has 1 atom stereocenters. The molecule has 5 nitrogen and oxygen atoms in total. The molecule has 1 saturated carbocycles.